The van der Waals surface area contributed by atoms with Gasteiger partial charge in [0.15, 0.2) is 0 Å². The zero-order valence-corrected chi connectivity index (χ0v) is 9.50. The number of nitrogens with one attached hydrogen (secondary N) is 2. The molecule has 1 fully saturated rings. The van der Waals surface area contributed by atoms with Crippen LogP contribution in [0.5, 0.6) is 0 Å². The molecule has 2 amide bonds. The number of hydrogen-bond acceptors (Lipinski definition) is 3. The molecule has 92 valence electrons. The third kappa shape index (κ3) is 5.70. The standard InChI is InChI=1S/C11H20N2O3/c14-8-2-1-3-10(15)12-6-7-13-11(16)9-4-5-9/h9,14H,1-8H2,(H,12,15)(H,13,16). The van der Waals surface area contributed by atoms with Crippen molar-refractivity contribution in [2.75, 3.05) is 19.7 Å². The number of rotatable bonds is 8. The average Bonchev–Trinajstić information content (AvgIpc) is 3.08. The highest BCUT2D eigenvalue weighted by Crippen LogP contribution is 2.28. The molecule has 0 aromatic heterocycles. The Balaban J connectivity index is 1.89. The maximum Gasteiger partial charge on any atom is 0.223 e. The van der Waals surface area contributed by atoms with Crippen LogP contribution in [-0.2, 0) is 9.59 Å². The minimum Gasteiger partial charge on any atom is -0.396 e. The fraction of sp³-hybridized carbons (Fsp3) is 0.818. The first kappa shape index (κ1) is 13.0. The van der Waals surface area contributed by atoms with Gasteiger partial charge < -0.3 is 15.7 Å². The van der Waals surface area contributed by atoms with E-state index in [1.807, 2.05) is 0 Å². The van der Waals surface area contributed by atoms with E-state index in [1.54, 1.807) is 0 Å². The number of aliphatic hydroxyl groups is 1. The molecule has 1 aliphatic carbocycles. The van der Waals surface area contributed by atoms with Crippen LogP contribution in [0.2, 0.25) is 0 Å². The van der Waals surface area contributed by atoms with Crippen LogP contribution in [0.15, 0.2) is 0 Å². The predicted molar refractivity (Wildman–Crippen MR) is 59.7 cm³/mol. The van der Waals surface area contributed by atoms with Crippen LogP contribution in [0.3, 0.4) is 0 Å². The summed E-state index contributed by atoms with van der Waals surface area (Å²) >= 11 is 0. The van der Waals surface area contributed by atoms with Crippen LogP contribution in [-0.4, -0.2) is 36.6 Å². The van der Waals surface area contributed by atoms with E-state index in [1.165, 1.54) is 0 Å². The molecule has 0 radical (unpaired) electrons. The van der Waals surface area contributed by atoms with Gasteiger partial charge in [-0.2, -0.15) is 0 Å². The van der Waals surface area contributed by atoms with Gasteiger partial charge in [0, 0.05) is 32.0 Å². The van der Waals surface area contributed by atoms with Gasteiger partial charge in [-0.1, -0.05) is 0 Å². The summed E-state index contributed by atoms with van der Waals surface area (Å²) in [4.78, 5) is 22.4. The van der Waals surface area contributed by atoms with E-state index in [-0.39, 0.29) is 24.3 Å². The SMILES string of the molecule is O=C(CCCCO)NCCNC(=O)C1CC1. The first-order chi connectivity index (χ1) is 7.74. The van der Waals surface area contributed by atoms with E-state index < -0.39 is 0 Å². The Labute approximate surface area is 95.6 Å². The highest BCUT2D eigenvalue weighted by atomic mass is 16.3. The lowest BCUT2D eigenvalue weighted by molar-refractivity contribution is -0.123. The molecule has 1 saturated carbocycles. The Morgan fingerprint density at radius 3 is 2.44 bits per heavy atom. The van der Waals surface area contributed by atoms with Crippen LogP contribution in [0.4, 0.5) is 0 Å². The summed E-state index contributed by atoms with van der Waals surface area (Å²) < 4.78 is 0. The molecule has 0 aliphatic heterocycles. The second kappa shape index (κ2) is 7.22. The van der Waals surface area contributed by atoms with Crippen molar-refractivity contribution in [3.8, 4) is 0 Å². The Morgan fingerprint density at radius 2 is 1.81 bits per heavy atom. The molecule has 0 saturated heterocycles. The molecule has 3 N–H and O–H groups in total. The summed E-state index contributed by atoms with van der Waals surface area (Å²) in [7, 11) is 0. The second-order valence-corrected chi connectivity index (χ2v) is 4.10. The van der Waals surface area contributed by atoms with Gasteiger partial charge in [-0.15, -0.1) is 0 Å². The lowest BCUT2D eigenvalue weighted by atomic mass is 10.2. The molecule has 1 aliphatic rings. The van der Waals surface area contributed by atoms with Gasteiger partial charge in [-0.05, 0) is 25.7 Å². The molecule has 0 atom stereocenters. The summed E-state index contributed by atoms with van der Waals surface area (Å²) in [6.45, 7) is 1.11. The van der Waals surface area contributed by atoms with Crippen LogP contribution in [0, 0.1) is 5.92 Å². The van der Waals surface area contributed by atoms with Gasteiger partial charge in [-0.3, -0.25) is 9.59 Å². The molecule has 16 heavy (non-hydrogen) atoms. The summed E-state index contributed by atoms with van der Waals surface area (Å²) in [5.41, 5.74) is 0. The monoisotopic (exact) mass is 228 g/mol. The largest absolute Gasteiger partial charge is 0.396 e. The number of carbonyl (C=O) groups is 2. The van der Waals surface area contributed by atoms with Crippen LogP contribution >= 0.6 is 0 Å². The second-order valence-electron chi connectivity index (χ2n) is 4.10. The smallest absolute Gasteiger partial charge is 0.223 e. The van der Waals surface area contributed by atoms with Crippen LogP contribution in [0.25, 0.3) is 0 Å². The number of hydrogen-bond donors (Lipinski definition) is 3. The third-order valence-corrected chi connectivity index (χ3v) is 2.51. The molecule has 0 bridgehead atoms. The Kier molecular flexibility index (Phi) is 5.85. The molecule has 1 rings (SSSR count). The van der Waals surface area contributed by atoms with Gasteiger partial charge >= 0.3 is 0 Å². The number of unbranched alkanes of at least 4 members (excludes halogenated alkanes) is 1. The molecule has 0 unspecified atom stereocenters. The lowest BCUT2D eigenvalue weighted by Crippen LogP contribution is -2.35. The van der Waals surface area contributed by atoms with Crippen molar-refractivity contribution in [3.05, 3.63) is 0 Å². The highest BCUT2D eigenvalue weighted by Gasteiger charge is 2.28. The summed E-state index contributed by atoms with van der Waals surface area (Å²) in [6, 6.07) is 0. The van der Waals surface area contributed by atoms with Gasteiger partial charge in [0.2, 0.25) is 11.8 Å². The van der Waals surface area contributed by atoms with E-state index in [0.29, 0.717) is 32.4 Å². The molecular weight excluding hydrogens is 208 g/mol. The molecule has 0 spiro atoms. The lowest BCUT2D eigenvalue weighted by Gasteiger charge is -2.06. The highest BCUT2D eigenvalue weighted by molar-refractivity contribution is 5.81. The molecule has 0 heterocycles. The summed E-state index contributed by atoms with van der Waals surface area (Å²) in [5.74, 6) is 0.309. The van der Waals surface area contributed by atoms with E-state index in [9.17, 15) is 9.59 Å². The normalized spacial score (nSPS) is 14.6. The van der Waals surface area contributed by atoms with Gasteiger partial charge in [0.25, 0.3) is 0 Å². The topological polar surface area (TPSA) is 78.4 Å². The van der Waals surface area contributed by atoms with Crippen molar-refractivity contribution in [3.63, 3.8) is 0 Å². The van der Waals surface area contributed by atoms with Gasteiger partial charge in [0.1, 0.15) is 0 Å². The number of carbonyl (C=O) groups excluding carboxylic acids is 2. The molecular formula is C11H20N2O3. The van der Waals surface area contributed by atoms with Crippen molar-refractivity contribution in [1.82, 2.24) is 10.6 Å². The van der Waals surface area contributed by atoms with E-state index in [4.69, 9.17) is 5.11 Å². The van der Waals surface area contributed by atoms with Crippen LogP contribution in [0.1, 0.15) is 32.1 Å². The van der Waals surface area contributed by atoms with E-state index >= 15 is 0 Å². The maximum atomic E-state index is 11.2. The maximum absolute atomic E-state index is 11.2. The van der Waals surface area contributed by atoms with Crippen molar-refractivity contribution in [2.45, 2.75) is 32.1 Å². The van der Waals surface area contributed by atoms with Crippen molar-refractivity contribution in [1.29, 1.82) is 0 Å². The van der Waals surface area contributed by atoms with Gasteiger partial charge in [0.05, 0.1) is 0 Å². The number of aliphatic hydroxyl groups excluding tert-OH is 1. The van der Waals surface area contributed by atoms with Crippen molar-refractivity contribution < 1.29 is 14.7 Å². The summed E-state index contributed by atoms with van der Waals surface area (Å²) in [6.07, 6.45) is 3.80. The summed E-state index contributed by atoms with van der Waals surface area (Å²) in [5, 5.41) is 14.0. The first-order valence-corrected chi connectivity index (χ1v) is 5.89. The fourth-order valence-electron chi connectivity index (χ4n) is 1.36. The van der Waals surface area contributed by atoms with Crippen LogP contribution < -0.4 is 10.6 Å². The fourth-order valence-corrected chi connectivity index (χ4v) is 1.36. The minimum absolute atomic E-state index is 0.0193. The molecule has 0 aromatic rings. The van der Waals surface area contributed by atoms with Gasteiger partial charge in [-0.25, -0.2) is 0 Å². The van der Waals surface area contributed by atoms with E-state index in [2.05, 4.69) is 10.6 Å². The Hall–Kier alpha value is -1.10. The van der Waals surface area contributed by atoms with Crippen molar-refractivity contribution in [2.24, 2.45) is 5.92 Å². The minimum atomic E-state index is -0.0193. The quantitative estimate of drug-likeness (QED) is 0.503. The predicted octanol–water partition coefficient (Wildman–Crippen LogP) is -0.209. The zero-order valence-electron chi connectivity index (χ0n) is 9.50. The zero-order chi connectivity index (χ0) is 11.8. The Bertz CT molecular complexity index is 239. The third-order valence-electron chi connectivity index (χ3n) is 2.51. The van der Waals surface area contributed by atoms with Crippen molar-refractivity contribution >= 4 is 11.8 Å². The molecule has 0 aromatic carbocycles. The molecule has 5 heteroatoms. The number of amides is 2. The van der Waals surface area contributed by atoms with E-state index in [0.717, 1.165) is 12.8 Å². The average molecular weight is 228 g/mol. The molecule has 5 nitrogen and oxygen atoms in total. The first-order valence-electron chi connectivity index (χ1n) is 5.89. The Morgan fingerprint density at radius 1 is 1.12 bits per heavy atom.